The minimum atomic E-state index is -0.209. The number of nitrogens with zero attached hydrogens (tertiary/aromatic N) is 1. The molecule has 0 heterocycles. The highest BCUT2D eigenvalue weighted by Gasteiger charge is 2.10. The zero-order valence-electron chi connectivity index (χ0n) is 8.88. The van der Waals surface area contributed by atoms with Crippen LogP contribution in [0.4, 0.5) is 0 Å². The number of esters is 1. The van der Waals surface area contributed by atoms with Crippen LogP contribution in [0, 0.1) is 0 Å². The van der Waals surface area contributed by atoms with E-state index in [4.69, 9.17) is 16.3 Å². The number of carbonyl (C=O) groups is 1. The molecule has 0 unspecified atom stereocenters. The van der Waals surface area contributed by atoms with Gasteiger partial charge >= 0.3 is 5.97 Å². The molecule has 0 aliphatic carbocycles. The molecule has 0 aromatic carbocycles. The number of halogens is 1. The first-order valence-electron chi connectivity index (χ1n) is 4.81. The summed E-state index contributed by atoms with van der Waals surface area (Å²) in [6, 6.07) is 0. The maximum absolute atomic E-state index is 11.2. The van der Waals surface area contributed by atoms with Gasteiger partial charge in [-0.05, 0) is 19.9 Å². The molecule has 0 bridgehead atoms. The molecule has 0 saturated heterocycles. The van der Waals surface area contributed by atoms with Gasteiger partial charge < -0.3 is 4.74 Å². The summed E-state index contributed by atoms with van der Waals surface area (Å²) in [4.78, 5) is 13.1. The number of ether oxygens (including phenoxy) is 1. The van der Waals surface area contributed by atoms with E-state index in [1.165, 1.54) is 0 Å². The zero-order chi connectivity index (χ0) is 11.0. The lowest BCUT2D eigenvalue weighted by atomic mass is 10.4. The van der Waals surface area contributed by atoms with Gasteiger partial charge in [-0.3, -0.25) is 9.69 Å². The quantitative estimate of drug-likeness (QED) is 0.614. The molecule has 0 aliphatic rings. The van der Waals surface area contributed by atoms with E-state index in [1.54, 1.807) is 6.92 Å². The van der Waals surface area contributed by atoms with E-state index in [0.717, 1.165) is 13.0 Å². The van der Waals surface area contributed by atoms with E-state index >= 15 is 0 Å². The second kappa shape index (κ2) is 7.83. The van der Waals surface area contributed by atoms with Crippen molar-refractivity contribution in [3.63, 3.8) is 0 Å². The smallest absolute Gasteiger partial charge is 0.320 e. The Morgan fingerprint density at radius 1 is 1.43 bits per heavy atom. The van der Waals surface area contributed by atoms with E-state index in [9.17, 15) is 4.79 Å². The van der Waals surface area contributed by atoms with Crippen molar-refractivity contribution in [1.82, 2.24) is 4.90 Å². The predicted octanol–water partition coefficient (Wildman–Crippen LogP) is 2.01. The van der Waals surface area contributed by atoms with Crippen molar-refractivity contribution in [2.75, 3.05) is 26.2 Å². The Balaban J connectivity index is 3.94. The molecule has 0 aromatic rings. The third kappa shape index (κ3) is 6.92. The van der Waals surface area contributed by atoms with Gasteiger partial charge in [0.25, 0.3) is 0 Å². The Labute approximate surface area is 90.7 Å². The van der Waals surface area contributed by atoms with Crippen LogP contribution in [-0.4, -0.2) is 37.1 Å². The molecule has 0 N–H and O–H groups in total. The van der Waals surface area contributed by atoms with Crippen LogP contribution in [0.1, 0.15) is 20.3 Å². The monoisotopic (exact) mass is 219 g/mol. The van der Waals surface area contributed by atoms with E-state index < -0.39 is 0 Å². The summed E-state index contributed by atoms with van der Waals surface area (Å²) in [5.41, 5.74) is 0. The average Bonchev–Trinajstić information content (AvgIpc) is 2.03. The van der Waals surface area contributed by atoms with Crippen molar-refractivity contribution >= 4 is 17.6 Å². The van der Waals surface area contributed by atoms with Crippen molar-refractivity contribution in [2.24, 2.45) is 0 Å². The van der Waals surface area contributed by atoms with Crippen LogP contribution in [0.5, 0.6) is 0 Å². The lowest BCUT2D eigenvalue weighted by molar-refractivity contribution is -0.144. The maximum atomic E-state index is 11.2. The van der Waals surface area contributed by atoms with Gasteiger partial charge in [0.1, 0.15) is 0 Å². The second-order valence-corrected chi connectivity index (χ2v) is 3.57. The molecule has 0 aliphatic heterocycles. The molecule has 0 amide bonds. The summed E-state index contributed by atoms with van der Waals surface area (Å²) in [7, 11) is 0. The maximum Gasteiger partial charge on any atom is 0.320 e. The van der Waals surface area contributed by atoms with Crippen LogP contribution in [0.25, 0.3) is 0 Å². The van der Waals surface area contributed by atoms with Gasteiger partial charge in [0, 0.05) is 11.6 Å². The van der Waals surface area contributed by atoms with Crippen molar-refractivity contribution in [3.05, 3.63) is 11.6 Å². The minimum absolute atomic E-state index is 0.209. The molecule has 3 nitrogen and oxygen atoms in total. The Kier molecular flexibility index (Phi) is 7.52. The van der Waals surface area contributed by atoms with E-state index in [2.05, 4.69) is 13.5 Å². The van der Waals surface area contributed by atoms with Crippen molar-refractivity contribution < 1.29 is 9.53 Å². The largest absolute Gasteiger partial charge is 0.465 e. The molecule has 0 radical (unpaired) electrons. The summed E-state index contributed by atoms with van der Waals surface area (Å²) in [6.07, 6.45) is 0.976. The zero-order valence-corrected chi connectivity index (χ0v) is 9.64. The molecule has 4 heteroatoms. The van der Waals surface area contributed by atoms with E-state index in [0.29, 0.717) is 18.2 Å². The normalized spacial score (nSPS) is 10.3. The third-order valence-corrected chi connectivity index (χ3v) is 1.71. The first-order valence-corrected chi connectivity index (χ1v) is 5.19. The summed E-state index contributed by atoms with van der Waals surface area (Å²) < 4.78 is 4.85. The lowest BCUT2D eigenvalue weighted by Crippen LogP contribution is -2.32. The fraction of sp³-hybridized carbons (Fsp3) is 0.700. The van der Waals surface area contributed by atoms with Crippen LogP contribution < -0.4 is 0 Å². The van der Waals surface area contributed by atoms with Crippen LogP contribution in [0.2, 0.25) is 0 Å². The number of rotatable bonds is 7. The highest BCUT2D eigenvalue weighted by molar-refractivity contribution is 6.29. The standard InChI is InChI=1S/C10H18ClNO2/c1-4-6-12(7-9(3)11)8-10(13)14-5-2/h3-8H2,1-2H3. The SMILES string of the molecule is C=C(Cl)CN(CCC)CC(=O)OCC. The van der Waals surface area contributed by atoms with Crippen LogP contribution in [0.15, 0.2) is 11.6 Å². The van der Waals surface area contributed by atoms with Crippen molar-refractivity contribution in [3.8, 4) is 0 Å². The van der Waals surface area contributed by atoms with Gasteiger partial charge in [-0.25, -0.2) is 0 Å². The van der Waals surface area contributed by atoms with Gasteiger partial charge in [0.2, 0.25) is 0 Å². The summed E-state index contributed by atoms with van der Waals surface area (Å²) in [5, 5.41) is 0.544. The van der Waals surface area contributed by atoms with Crippen molar-refractivity contribution in [2.45, 2.75) is 20.3 Å². The lowest BCUT2D eigenvalue weighted by Gasteiger charge is -2.19. The van der Waals surface area contributed by atoms with Gasteiger partial charge in [-0.2, -0.15) is 0 Å². The molecule has 0 rings (SSSR count). The van der Waals surface area contributed by atoms with Crippen LogP contribution in [0.3, 0.4) is 0 Å². The van der Waals surface area contributed by atoms with Crippen molar-refractivity contribution in [1.29, 1.82) is 0 Å². The molecule has 0 atom stereocenters. The Morgan fingerprint density at radius 3 is 2.50 bits per heavy atom. The number of carbonyl (C=O) groups excluding carboxylic acids is 1. The number of hydrogen-bond donors (Lipinski definition) is 0. The predicted molar refractivity (Wildman–Crippen MR) is 58.4 cm³/mol. The summed E-state index contributed by atoms with van der Waals surface area (Å²) in [6.45, 7) is 9.51. The molecular formula is C10H18ClNO2. The molecule has 14 heavy (non-hydrogen) atoms. The second-order valence-electron chi connectivity index (χ2n) is 3.03. The molecule has 0 fully saturated rings. The third-order valence-electron chi connectivity index (χ3n) is 1.59. The summed E-state index contributed by atoms with van der Waals surface area (Å²) in [5.74, 6) is -0.209. The fourth-order valence-corrected chi connectivity index (χ4v) is 1.33. The van der Waals surface area contributed by atoms with E-state index in [1.807, 2.05) is 4.90 Å². The molecule has 0 saturated carbocycles. The van der Waals surface area contributed by atoms with E-state index in [-0.39, 0.29) is 12.5 Å². The van der Waals surface area contributed by atoms with Crippen LogP contribution >= 0.6 is 11.6 Å². The van der Waals surface area contributed by atoms with Gasteiger partial charge in [0.05, 0.1) is 13.2 Å². The van der Waals surface area contributed by atoms with Crippen LogP contribution in [-0.2, 0) is 9.53 Å². The number of hydrogen-bond acceptors (Lipinski definition) is 3. The highest BCUT2D eigenvalue weighted by Crippen LogP contribution is 2.02. The van der Waals surface area contributed by atoms with Gasteiger partial charge in [-0.15, -0.1) is 0 Å². The molecular weight excluding hydrogens is 202 g/mol. The summed E-state index contributed by atoms with van der Waals surface area (Å²) >= 11 is 5.68. The first kappa shape index (κ1) is 13.5. The fourth-order valence-electron chi connectivity index (χ4n) is 1.16. The first-order chi connectivity index (χ1) is 6.60. The Bertz CT molecular complexity index is 195. The highest BCUT2D eigenvalue weighted by atomic mass is 35.5. The molecule has 82 valence electrons. The Hall–Kier alpha value is -0.540. The molecule has 0 aromatic heterocycles. The topological polar surface area (TPSA) is 29.5 Å². The van der Waals surface area contributed by atoms with Gasteiger partial charge in [-0.1, -0.05) is 25.1 Å². The molecule has 0 spiro atoms. The minimum Gasteiger partial charge on any atom is -0.465 e. The Morgan fingerprint density at radius 2 is 2.07 bits per heavy atom. The van der Waals surface area contributed by atoms with Gasteiger partial charge in [0.15, 0.2) is 0 Å². The average molecular weight is 220 g/mol.